The molecular formula is C19H28O7. The molecule has 3 atom stereocenters. The lowest BCUT2D eigenvalue weighted by atomic mass is 9.86. The molecule has 0 amide bonds. The molecule has 0 bridgehead atoms. The summed E-state index contributed by atoms with van der Waals surface area (Å²) >= 11 is 0. The zero-order valence-electron chi connectivity index (χ0n) is 15.8. The number of benzene rings is 1. The van der Waals surface area contributed by atoms with Gasteiger partial charge in [0, 0.05) is 31.3 Å². The maximum absolute atomic E-state index is 12.2. The SMILES string of the molecule is COCOc1cc(C(C)O)c(OCOC)c([C@@H]2CCC[C@@H]2C(=O)OC)c1. The van der Waals surface area contributed by atoms with Crippen molar-refractivity contribution in [2.75, 3.05) is 34.9 Å². The highest BCUT2D eigenvalue weighted by Crippen LogP contribution is 2.47. The van der Waals surface area contributed by atoms with E-state index in [2.05, 4.69) is 0 Å². The zero-order valence-corrected chi connectivity index (χ0v) is 15.8. The lowest BCUT2D eigenvalue weighted by Crippen LogP contribution is -2.20. The van der Waals surface area contributed by atoms with E-state index < -0.39 is 6.10 Å². The molecule has 2 rings (SSSR count). The van der Waals surface area contributed by atoms with Crippen LogP contribution in [-0.4, -0.2) is 46.0 Å². The smallest absolute Gasteiger partial charge is 0.309 e. The molecule has 1 aliphatic rings. The van der Waals surface area contributed by atoms with Crippen molar-refractivity contribution in [3.05, 3.63) is 23.3 Å². The number of methoxy groups -OCH3 is 3. The van der Waals surface area contributed by atoms with E-state index in [4.69, 9.17) is 23.7 Å². The lowest BCUT2D eigenvalue weighted by Gasteiger charge is -2.25. The average molecular weight is 368 g/mol. The molecule has 7 nitrogen and oxygen atoms in total. The van der Waals surface area contributed by atoms with Crippen LogP contribution in [0.5, 0.6) is 11.5 Å². The van der Waals surface area contributed by atoms with Crippen molar-refractivity contribution >= 4 is 5.97 Å². The van der Waals surface area contributed by atoms with E-state index >= 15 is 0 Å². The Morgan fingerprint density at radius 1 is 1.15 bits per heavy atom. The Hall–Kier alpha value is -1.83. The van der Waals surface area contributed by atoms with Gasteiger partial charge in [0.1, 0.15) is 11.5 Å². The largest absolute Gasteiger partial charge is 0.469 e. The van der Waals surface area contributed by atoms with Crippen LogP contribution in [0.3, 0.4) is 0 Å². The number of carbonyl (C=O) groups is 1. The fourth-order valence-corrected chi connectivity index (χ4v) is 3.49. The predicted octanol–water partition coefficient (Wildman–Crippen LogP) is 2.76. The van der Waals surface area contributed by atoms with Gasteiger partial charge in [-0.15, -0.1) is 0 Å². The van der Waals surface area contributed by atoms with E-state index in [0.717, 1.165) is 24.8 Å². The van der Waals surface area contributed by atoms with Crippen LogP contribution in [-0.2, 0) is 19.0 Å². The van der Waals surface area contributed by atoms with Gasteiger partial charge in [0.2, 0.25) is 0 Å². The second kappa shape index (κ2) is 9.75. The van der Waals surface area contributed by atoms with Gasteiger partial charge in [-0.3, -0.25) is 4.79 Å². The third kappa shape index (κ3) is 4.66. The van der Waals surface area contributed by atoms with E-state index in [1.807, 2.05) is 6.07 Å². The van der Waals surface area contributed by atoms with E-state index in [0.29, 0.717) is 17.1 Å². The summed E-state index contributed by atoms with van der Waals surface area (Å²) < 4.78 is 26.4. The summed E-state index contributed by atoms with van der Waals surface area (Å²) in [5.74, 6) is 0.541. The van der Waals surface area contributed by atoms with Crippen molar-refractivity contribution in [3.63, 3.8) is 0 Å². The van der Waals surface area contributed by atoms with Crippen molar-refractivity contribution in [3.8, 4) is 11.5 Å². The summed E-state index contributed by atoms with van der Waals surface area (Å²) in [5, 5.41) is 10.2. The van der Waals surface area contributed by atoms with Gasteiger partial charge in [-0.1, -0.05) is 6.42 Å². The van der Waals surface area contributed by atoms with Crippen molar-refractivity contribution in [2.24, 2.45) is 5.92 Å². The van der Waals surface area contributed by atoms with Crippen LogP contribution in [0.15, 0.2) is 12.1 Å². The Balaban J connectivity index is 2.51. The van der Waals surface area contributed by atoms with Crippen molar-refractivity contribution in [2.45, 2.75) is 38.2 Å². The summed E-state index contributed by atoms with van der Waals surface area (Å²) in [6.45, 7) is 1.79. The van der Waals surface area contributed by atoms with E-state index in [9.17, 15) is 9.90 Å². The molecule has 0 heterocycles. The number of aliphatic hydroxyl groups is 1. The Kier molecular flexibility index (Phi) is 7.68. The molecule has 0 radical (unpaired) electrons. The van der Waals surface area contributed by atoms with Crippen LogP contribution in [0.25, 0.3) is 0 Å². The lowest BCUT2D eigenvalue weighted by molar-refractivity contribution is -0.145. The number of hydrogen-bond donors (Lipinski definition) is 1. The van der Waals surface area contributed by atoms with Gasteiger partial charge in [-0.05, 0) is 31.9 Å². The second-order valence-corrected chi connectivity index (χ2v) is 6.38. The molecule has 0 aromatic heterocycles. The highest BCUT2D eigenvalue weighted by atomic mass is 16.7. The molecule has 1 aromatic rings. The monoisotopic (exact) mass is 368 g/mol. The normalized spacial score (nSPS) is 20.7. The van der Waals surface area contributed by atoms with Crippen molar-refractivity contribution < 1.29 is 33.6 Å². The molecule has 0 saturated heterocycles. The standard InChI is InChI=1S/C19H28O7/c1-12(20)16-8-13(25-10-22-2)9-17(18(16)26-11-23-3)14-6-5-7-15(14)19(21)24-4/h8-9,12,14-15,20H,5-7,10-11H2,1-4H3/t12?,14-,15+/m1/s1. The molecule has 1 N–H and O–H groups in total. The third-order valence-electron chi connectivity index (χ3n) is 4.65. The molecule has 0 spiro atoms. The minimum atomic E-state index is -0.773. The van der Waals surface area contributed by atoms with Gasteiger partial charge in [0.05, 0.1) is 19.1 Å². The van der Waals surface area contributed by atoms with Crippen molar-refractivity contribution in [1.82, 2.24) is 0 Å². The van der Waals surface area contributed by atoms with Crippen molar-refractivity contribution in [1.29, 1.82) is 0 Å². The summed E-state index contributed by atoms with van der Waals surface area (Å²) in [4.78, 5) is 12.2. The zero-order chi connectivity index (χ0) is 19.1. The first kappa shape index (κ1) is 20.5. The van der Waals surface area contributed by atoms with E-state index in [1.54, 1.807) is 13.0 Å². The van der Waals surface area contributed by atoms with Crippen LogP contribution in [0.2, 0.25) is 0 Å². The molecule has 1 fully saturated rings. The molecule has 1 unspecified atom stereocenters. The number of aliphatic hydroxyl groups excluding tert-OH is 1. The number of carbonyl (C=O) groups excluding carboxylic acids is 1. The summed E-state index contributed by atoms with van der Waals surface area (Å²) in [6.07, 6.45) is 1.73. The fourth-order valence-electron chi connectivity index (χ4n) is 3.49. The minimum Gasteiger partial charge on any atom is -0.469 e. The van der Waals surface area contributed by atoms with Crippen LogP contribution >= 0.6 is 0 Å². The molecule has 1 saturated carbocycles. The molecule has 26 heavy (non-hydrogen) atoms. The quantitative estimate of drug-likeness (QED) is 0.530. The molecule has 146 valence electrons. The van der Waals surface area contributed by atoms with Crippen LogP contribution in [0.1, 0.15) is 49.3 Å². The van der Waals surface area contributed by atoms with Crippen LogP contribution < -0.4 is 9.47 Å². The molecule has 0 aliphatic heterocycles. The van der Waals surface area contributed by atoms with Gasteiger partial charge in [0.15, 0.2) is 13.6 Å². The average Bonchev–Trinajstić information content (AvgIpc) is 3.13. The fraction of sp³-hybridized carbons (Fsp3) is 0.632. The first-order valence-electron chi connectivity index (χ1n) is 8.70. The van der Waals surface area contributed by atoms with Gasteiger partial charge in [-0.25, -0.2) is 0 Å². The summed E-state index contributed by atoms with van der Waals surface area (Å²) in [7, 11) is 4.47. The number of ether oxygens (including phenoxy) is 5. The van der Waals surface area contributed by atoms with Crippen LogP contribution in [0.4, 0.5) is 0 Å². The summed E-state index contributed by atoms with van der Waals surface area (Å²) in [5.41, 5.74) is 1.40. The Morgan fingerprint density at radius 2 is 1.85 bits per heavy atom. The topological polar surface area (TPSA) is 83.5 Å². The molecule has 1 aromatic carbocycles. The number of hydrogen-bond acceptors (Lipinski definition) is 7. The highest BCUT2D eigenvalue weighted by Gasteiger charge is 2.37. The highest BCUT2D eigenvalue weighted by molar-refractivity contribution is 5.74. The molecular weight excluding hydrogens is 340 g/mol. The predicted molar refractivity (Wildman–Crippen MR) is 94.2 cm³/mol. The number of esters is 1. The maximum atomic E-state index is 12.2. The van der Waals surface area contributed by atoms with E-state index in [-0.39, 0.29) is 31.4 Å². The van der Waals surface area contributed by atoms with Gasteiger partial charge in [0.25, 0.3) is 0 Å². The first-order chi connectivity index (χ1) is 12.5. The summed E-state index contributed by atoms with van der Waals surface area (Å²) in [6, 6.07) is 3.57. The van der Waals surface area contributed by atoms with Crippen LogP contribution in [0, 0.1) is 5.92 Å². The minimum absolute atomic E-state index is 0.0423. The molecule has 1 aliphatic carbocycles. The Labute approximate surface area is 154 Å². The third-order valence-corrected chi connectivity index (χ3v) is 4.65. The van der Waals surface area contributed by atoms with Gasteiger partial charge < -0.3 is 28.8 Å². The maximum Gasteiger partial charge on any atom is 0.309 e. The van der Waals surface area contributed by atoms with Gasteiger partial charge >= 0.3 is 5.97 Å². The number of rotatable bonds is 9. The first-order valence-corrected chi connectivity index (χ1v) is 8.70. The Morgan fingerprint density at radius 3 is 2.46 bits per heavy atom. The molecule has 7 heteroatoms. The Bertz CT molecular complexity index is 600. The van der Waals surface area contributed by atoms with E-state index in [1.165, 1.54) is 21.3 Å². The second-order valence-electron chi connectivity index (χ2n) is 6.38. The van der Waals surface area contributed by atoms with Gasteiger partial charge in [-0.2, -0.15) is 0 Å².